The van der Waals surface area contributed by atoms with Gasteiger partial charge in [-0.25, -0.2) is 4.39 Å². The lowest BCUT2D eigenvalue weighted by atomic mass is 9.57. The Hall–Kier alpha value is -3.48. The third-order valence-corrected chi connectivity index (χ3v) is 9.17. The fourth-order valence-corrected chi connectivity index (χ4v) is 7.17. The van der Waals surface area contributed by atoms with Crippen molar-refractivity contribution in [1.82, 2.24) is 9.80 Å². The lowest BCUT2D eigenvalue weighted by Crippen LogP contribution is -2.65. The molecule has 4 atom stereocenters. The first-order valence-corrected chi connectivity index (χ1v) is 13.8. The average Bonchev–Trinajstić information content (AvgIpc) is 2.88. The number of primary amides is 1. The van der Waals surface area contributed by atoms with E-state index in [4.69, 9.17) is 5.73 Å². The van der Waals surface area contributed by atoms with E-state index in [9.17, 15) is 39.2 Å². The van der Waals surface area contributed by atoms with Crippen molar-refractivity contribution < 1.29 is 39.2 Å². The molecule has 1 aliphatic heterocycles. The summed E-state index contributed by atoms with van der Waals surface area (Å²) in [5.41, 5.74) is 3.54. The highest BCUT2D eigenvalue weighted by atomic mass is 19.1. The highest BCUT2D eigenvalue weighted by Gasteiger charge is 2.64. The Balaban J connectivity index is 1.67. The molecule has 0 spiro atoms. The van der Waals surface area contributed by atoms with Gasteiger partial charge in [0.1, 0.15) is 29.0 Å². The third-order valence-electron chi connectivity index (χ3n) is 9.17. The smallest absolute Gasteiger partial charge is 0.255 e. The number of piperidine rings is 1. The molecule has 41 heavy (non-hydrogen) atoms. The molecular weight excluding hydrogens is 535 g/mol. The van der Waals surface area contributed by atoms with E-state index in [-0.39, 0.29) is 29.7 Å². The van der Waals surface area contributed by atoms with Crippen LogP contribution in [0.25, 0.3) is 5.76 Å². The topological polar surface area (TPSA) is 168 Å². The second-order valence-electron chi connectivity index (χ2n) is 12.1. The number of carbonyl (C=O) groups excluding carboxylic acids is 3. The van der Waals surface area contributed by atoms with Gasteiger partial charge in [-0.1, -0.05) is 0 Å². The van der Waals surface area contributed by atoms with Gasteiger partial charge in [0.05, 0.1) is 11.6 Å². The Morgan fingerprint density at radius 2 is 1.78 bits per heavy atom. The van der Waals surface area contributed by atoms with Gasteiger partial charge in [-0.05, 0) is 57.3 Å². The molecule has 1 heterocycles. The van der Waals surface area contributed by atoms with Gasteiger partial charge in [0, 0.05) is 56.5 Å². The van der Waals surface area contributed by atoms with E-state index in [1.165, 1.54) is 4.90 Å². The number of nitrogens with two attached hydrogens (primary N) is 1. The van der Waals surface area contributed by atoms with E-state index in [1.807, 2.05) is 30.0 Å². The molecule has 11 nitrogen and oxygen atoms in total. The quantitative estimate of drug-likeness (QED) is 0.321. The number of aromatic hydroxyl groups is 1. The maximum Gasteiger partial charge on any atom is 0.255 e. The minimum atomic E-state index is -2.68. The number of hydrogen-bond acceptors (Lipinski definition) is 10. The Morgan fingerprint density at radius 1 is 1.15 bits per heavy atom. The number of hydrogen-bond donors (Lipinski definition) is 5. The van der Waals surface area contributed by atoms with Crippen molar-refractivity contribution in [2.45, 2.75) is 50.0 Å². The molecule has 1 aromatic carbocycles. The van der Waals surface area contributed by atoms with Gasteiger partial charge in [-0.3, -0.25) is 24.2 Å². The number of halogens is 1. The van der Waals surface area contributed by atoms with Crippen LogP contribution < -0.4 is 10.6 Å². The largest absolute Gasteiger partial charge is 0.508 e. The molecule has 1 aromatic rings. The number of anilines is 1. The standard InChI is InChI=1S/C29H37FN4O7/c1-32(2)18-11-14(12-34-7-5-15(30)6-8-34)23(35)20-16(18)9-13-10-17-22(33(3)4)25(37)21(28(31)40)27(39)29(17,41)26(38)19(13)24(20)36/h11,13,15,17,22,35-36,39,41H,5-10,12H2,1-4H3,(H2,31,40)/t13-,17-,22+,29-/m0/s1. The monoisotopic (exact) mass is 572 g/mol. The van der Waals surface area contributed by atoms with Crippen LogP contribution in [0.1, 0.15) is 36.0 Å². The maximum absolute atomic E-state index is 14.1. The summed E-state index contributed by atoms with van der Waals surface area (Å²) in [6, 6.07) is 0.695. The first-order chi connectivity index (χ1) is 19.2. The number of ketones is 2. The molecular formula is C29H37FN4O7. The summed E-state index contributed by atoms with van der Waals surface area (Å²) < 4.78 is 13.7. The second-order valence-corrected chi connectivity index (χ2v) is 12.1. The van der Waals surface area contributed by atoms with Crippen LogP contribution in [-0.2, 0) is 27.3 Å². The Bertz CT molecular complexity index is 1400. The van der Waals surface area contributed by atoms with Crippen LogP contribution in [0.15, 0.2) is 23.0 Å². The first kappa shape index (κ1) is 29.0. The van der Waals surface area contributed by atoms with Crippen molar-refractivity contribution in [3.05, 3.63) is 39.7 Å². The molecule has 1 saturated heterocycles. The molecule has 0 radical (unpaired) electrons. The number of amides is 1. The minimum Gasteiger partial charge on any atom is -0.508 e. The number of rotatable bonds is 5. The van der Waals surface area contributed by atoms with Gasteiger partial charge >= 0.3 is 0 Å². The number of fused-ring (bicyclic) bond motifs is 3. The van der Waals surface area contributed by atoms with Gasteiger partial charge in [-0.2, -0.15) is 0 Å². The predicted octanol–water partition coefficient (Wildman–Crippen LogP) is 0.964. The number of aliphatic hydroxyl groups is 3. The molecule has 3 aliphatic carbocycles. The van der Waals surface area contributed by atoms with Crippen LogP contribution in [0, 0.1) is 11.8 Å². The number of likely N-dealkylation sites (tertiary alicyclic amines) is 1. The van der Waals surface area contributed by atoms with E-state index in [0.717, 1.165) is 5.69 Å². The van der Waals surface area contributed by atoms with Gasteiger partial charge < -0.3 is 31.1 Å². The molecule has 2 fully saturated rings. The number of Topliss-reactive ketones (excluding diaryl/α,β-unsaturated/α-hetero) is 2. The van der Waals surface area contributed by atoms with Crippen molar-refractivity contribution in [1.29, 1.82) is 0 Å². The first-order valence-electron chi connectivity index (χ1n) is 13.8. The fourth-order valence-electron chi connectivity index (χ4n) is 7.17. The van der Waals surface area contributed by atoms with Crippen LogP contribution in [0.4, 0.5) is 10.1 Å². The zero-order chi connectivity index (χ0) is 30.1. The zero-order valence-corrected chi connectivity index (χ0v) is 23.6. The summed E-state index contributed by atoms with van der Waals surface area (Å²) in [6.45, 7) is 1.32. The highest BCUT2D eigenvalue weighted by Crippen LogP contribution is 2.54. The summed E-state index contributed by atoms with van der Waals surface area (Å²) in [5.74, 6) is -6.74. The van der Waals surface area contributed by atoms with Crippen LogP contribution >= 0.6 is 0 Å². The average molecular weight is 573 g/mol. The van der Waals surface area contributed by atoms with Crippen molar-refractivity contribution in [2.24, 2.45) is 17.6 Å². The summed E-state index contributed by atoms with van der Waals surface area (Å²) in [4.78, 5) is 44.8. The number of benzene rings is 1. The number of nitrogens with zero attached hydrogens (tertiary/aromatic N) is 3. The molecule has 4 aliphatic rings. The normalized spacial score (nSPS) is 29.0. The number of alkyl halides is 1. The minimum absolute atomic E-state index is 0.0271. The van der Waals surface area contributed by atoms with Crippen LogP contribution in [0.3, 0.4) is 0 Å². The van der Waals surface area contributed by atoms with Crippen LogP contribution in [0.5, 0.6) is 5.75 Å². The van der Waals surface area contributed by atoms with Gasteiger partial charge in [0.15, 0.2) is 11.4 Å². The van der Waals surface area contributed by atoms with Crippen molar-refractivity contribution in [2.75, 3.05) is 46.2 Å². The molecule has 5 rings (SSSR count). The lowest BCUT2D eigenvalue weighted by Gasteiger charge is -2.50. The Kier molecular flexibility index (Phi) is 7.16. The number of phenols is 1. The SMILES string of the molecule is CN(C)c1cc(CN2CCC(F)CC2)c(O)c2c1C[C@H]1C[C@H]3[C@@H](N(C)C)C(=O)C(C(N)=O)=C(O)[C@@]3(O)C(=O)C1=C2O. The number of aliphatic hydroxyl groups excluding tert-OH is 2. The molecule has 12 heteroatoms. The number of phenolic OH excluding ortho intramolecular Hbond substituents is 1. The zero-order valence-electron chi connectivity index (χ0n) is 23.6. The number of carbonyl (C=O) groups is 3. The fraction of sp³-hybridized carbons (Fsp3) is 0.552. The van der Waals surface area contributed by atoms with Gasteiger partial charge in [0.2, 0.25) is 5.78 Å². The molecule has 0 bridgehead atoms. The Labute approximate surface area is 237 Å². The molecule has 222 valence electrons. The van der Waals surface area contributed by atoms with Gasteiger partial charge in [-0.15, -0.1) is 0 Å². The maximum atomic E-state index is 14.1. The molecule has 1 amide bonds. The molecule has 0 unspecified atom stereocenters. The third kappa shape index (κ3) is 4.31. The van der Waals surface area contributed by atoms with Gasteiger partial charge in [0.25, 0.3) is 5.91 Å². The van der Waals surface area contributed by atoms with Crippen molar-refractivity contribution in [3.8, 4) is 5.75 Å². The molecule has 1 saturated carbocycles. The lowest BCUT2D eigenvalue weighted by molar-refractivity contribution is -0.153. The van der Waals surface area contributed by atoms with E-state index >= 15 is 0 Å². The summed E-state index contributed by atoms with van der Waals surface area (Å²) in [5, 5.41) is 45.8. The predicted molar refractivity (Wildman–Crippen MR) is 148 cm³/mol. The van der Waals surface area contributed by atoms with E-state index in [1.54, 1.807) is 14.1 Å². The second kappa shape index (κ2) is 10.1. The molecule has 0 aromatic heterocycles. The summed E-state index contributed by atoms with van der Waals surface area (Å²) in [6.07, 6.45) is 0.153. The van der Waals surface area contributed by atoms with Crippen molar-refractivity contribution in [3.63, 3.8) is 0 Å². The van der Waals surface area contributed by atoms with Crippen LogP contribution in [0.2, 0.25) is 0 Å². The van der Waals surface area contributed by atoms with E-state index < -0.39 is 64.2 Å². The molecule has 6 N–H and O–H groups in total. The number of likely N-dealkylation sites (N-methyl/N-ethyl adjacent to an activating group) is 1. The van der Waals surface area contributed by atoms with E-state index in [2.05, 4.69) is 0 Å². The van der Waals surface area contributed by atoms with Crippen molar-refractivity contribution >= 4 is 28.9 Å². The van der Waals surface area contributed by atoms with E-state index in [0.29, 0.717) is 43.6 Å². The Morgan fingerprint density at radius 3 is 2.34 bits per heavy atom. The highest BCUT2D eigenvalue weighted by molar-refractivity contribution is 6.24. The summed E-state index contributed by atoms with van der Waals surface area (Å²) >= 11 is 0. The summed E-state index contributed by atoms with van der Waals surface area (Å²) in [7, 11) is 6.77. The van der Waals surface area contributed by atoms with Crippen LogP contribution in [-0.4, -0.2) is 107 Å².